The summed E-state index contributed by atoms with van der Waals surface area (Å²) < 4.78 is 17.1. The molecule has 2 rings (SSSR count). The Morgan fingerprint density at radius 2 is 1.58 bits per heavy atom. The Morgan fingerprint density at radius 1 is 0.962 bits per heavy atom. The van der Waals surface area contributed by atoms with E-state index >= 15 is 0 Å². The van der Waals surface area contributed by atoms with E-state index in [1.807, 2.05) is 72.7 Å². The number of likely N-dealkylation sites (tertiary alicyclic amines) is 1. The van der Waals surface area contributed by atoms with Crippen molar-refractivity contribution in [2.24, 2.45) is 29.6 Å². The van der Waals surface area contributed by atoms with E-state index < -0.39 is 47.5 Å². The van der Waals surface area contributed by atoms with Crippen molar-refractivity contribution in [1.29, 1.82) is 0 Å². The van der Waals surface area contributed by atoms with Crippen molar-refractivity contribution in [3.05, 3.63) is 35.4 Å². The number of hydrogen-bond donors (Lipinski definition) is 1. The number of carbonyl (C=O) groups excluding carboxylic acids is 5. The Labute approximate surface area is 319 Å². The van der Waals surface area contributed by atoms with Crippen molar-refractivity contribution in [3.63, 3.8) is 0 Å². The lowest BCUT2D eigenvalue weighted by molar-refractivity contribution is -0.150. The van der Waals surface area contributed by atoms with Gasteiger partial charge in [-0.2, -0.15) is 0 Å². The molecule has 0 radical (unpaired) electrons. The number of esters is 1. The van der Waals surface area contributed by atoms with E-state index in [9.17, 15) is 24.0 Å². The molecule has 1 aliphatic rings. The summed E-state index contributed by atoms with van der Waals surface area (Å²) in [6, 6.07) is 7.12. The summed E-state index contributed by atoms with van der Waals surface area (Å²) >= 11 is 0. The van der Waals surface area contributed by atoms with E-state index in [1.54, 1.807) is 38.1 Å². The fraction of sp³-hybridized carbons (Fsp3) is 0.738. The highest BCUT2D eigenvalue weighted by atomic mass is 16.5. The third kappa shape index (κ3) is 12.2. The number of ether oxygens (including phenoxy) is 3. The molecular weight excluding hydrogens is 674 g/mol. The van der Waals surface area contributed by atoms with Gasteiger partial charge in [0.05, 0.1) is 49.3 Å². The van der Waals surface area contributed by atoms with Gasteiger partial charge in [0.1, 0.15) is 5.78 Å². The van der Waals surface area contributed by atoms with Gasteiger partial charge in [-0.1, -0.05) is 70.9 Å². The number of amides is 2. The van der Waals surface area contributed by atoms with Crippen LogP contribution in [0.1, 0.15) is 98.1 Å². The average molecular weight is 744 g/mol. The maximum absolute atomic E-state index is 14.2. The third-order valence-electron chi connectivity index (χ3n) is 11.8. The summed E-state index contributed by atoms with van der Waals surface area (Å²) in [7, 11) is 7.96. The van der Waals surface area contributed by atoms with Gasteiger partial charge in [0.2, 0.25) is 11.8 Å². The van der Waals surface area contributed by atoms with Crippen molar-refractivity contribution in [2.75, 3.05) is 42.0 Å². The second-order valence-corrected chi connectivity index (χ2v) is 16.0. The second kappa shape index (κ2) is 21.1. The number of hydrogen-bond acceptors (Lipinski definition) is 9. The first-order valence-electron chi connectivity index (χ1n) is 19.4. The van der Waals surface area contributed by atoms with Gasteiger partial charge >= 0.3 is 5.97 Å². The highest BCUT2D eigenvalue weighted by Gasteiger charge is 2.43. The minimum atomic E-state index is -0.761. The average Bonchev–Trinajstić information content (AvgIpc) is 3.62. The molecule has 0 bridgehead atoms. The largest absolute Gasteiger partial charge is 0.469 e. The molecule has 1 aliphatic heterocycles. The van der Waals surface area contributed by atoms with Gasteiger partial charge in [-0.15, -0.1) is 0 Å². The minimum Gasteiger partial charge on any atom is -0.469 e. The maximum atomic E-state index is 14.2. The van der Waals surface area contributed by atoms with Gasteiger partial charge < -0.3 is 29.3 Å². The van der Waals surface area contributed by atoms with Crippen LogP contribution in [-0.2, 0) is 44.6 Å². The normalized spacial score (nSPS) is 18.8. The molecule has 53 heavy (non-hydrogen) atoms. The number of likely N-dealkylation sites (N-methyl/N-ethyl adjacent to an activating group) is 2. The number of nitrogens with one attached hydrogen (secondary N) is 1. The quantitative estimate of drug-likeness (QED) is 0.154. The summed E-state index contributed by atoms with van der Waals surface area (Å²) in [5.74, 6) is -2.69. The lowest BCUT2D eigenvalue weighted by atomic mass is 9.83. The zero-order valence-electron chi connectivity index (χ0n) is 34.8. The molecule has 0 aromatic heterocycles. The zero-order chi connectivity index (χ0) is 40.2. The molecule has 300 valence electrons. The van der Waals surface area contributed by atoms with Gasteiger partial charge in [-0.25, -0.2) is 0 Å². The van der Waals surface area contributed by atoms with Gasteiger partial charge in [0.15, 0.2) is 5.78 Å². The summed E-state index contributed by atoms with van der Waals surface area (Å²) in [4.78, 5) is 71.6. The van der Waals surface area contributed by atoms with E-state index in [-0.39, 0.29) is 60.5 Å². The molecule has 0 saturated carbocycles. The monoisotopic (exact) mass is 744 g/mol. The first-order valence-corrected chi connectivity index (χ1v) is 19.4. The van der Waals surface area contributed by atoms with Gasteiger partial charge in [0.25, 0.3) is 0 Å². The van der Waals surface area contributed by atoms with Crippen molar-refractivity contribution < 1.29 is 38.2 Å². The SMILES string of the molecule is CC[C@H](C)[C@@H]([C@@H](CC(=O)N1CCC[C@H]1[C@H](OC)[C@@H](C)C(=O)C[C@@H](Cc1ccc(C)cc1)C(=O)OC)OC)N(C)C(=O)[C@@H](CC(=O)C(C)(C)NC)C(C)C. The smallest absolute Gasteiger partial charge is 0.309 e. The molecule has 1 heterocycles. The highest BCUT2D eigenvalue weighted by molar-refractivity contribution is 5.92. The third-order valence-corrected chi connectivity index (χ3v) is 11.8. The van der Waals surface area contributed by atoms with Gasteiger partial charge in [-0.3, -0.25) is 24.0 Å². The maximum Gasteiger partial charge on any atom is 0.309 e. The Hall–Kier alpha value is -3.15. The van der Waals surface area contributed by atoms with Crippen molar-refractivity contribution in [2.45, 2.75) is 130 Å². The number of carbonyl (C=O) groups is 5. The van der Waals surface area contributed by atoms with Crippen LogP contribution in [0.15, 0.2) is 24.3 Å². The van der Waals surface area contributed by atoms with Crippen LogP contribution < -0.4 is 5.32 Å². The number of nitrogens with zero attached hydrogens (tertiary/aromatic N) is 2. The topological polar surface area (TPSA) is 132 Å². The lowest BCUT2D eigenvalue weighted by Gasteiger charge is -2.41. The lowest BCUT2D eigenvalue weighted by Crippen LogP contribution is -2.54. The fourth-order valence-corrected chi connectivity index (χ4v) is 7.65. The van der Waals surface area contributed by atoms with Crippen LogP contribution in [0.4, 0.5) is 0 Å². The number of rotatable bonds is 22. The van der Waals surface area contributed by atoms with E-state index in [0.717, 1.165) is 24.0 Å². The summed E-state index contributed by atoms with van der Waals surface area (Å²) in [6.07, 6.45) is 1.53. The molecular formula is C42H69N3O8. The summed E-state index contributed by atoms with van der Waals surface area (Å²) in [5.41, 5.74) is 1.29. The number of methoxy groups -OCH3 is 3. The predicted octanol–water partition coefficient (Wildman–Crippen LogP) is 5.44. The van der Waals surface area contributed by atoms with Crippen LogP contribution in [0.3, 0.4) is 0 Å². The Balaban J connectivity index is 2.28. The molecule has 2 amide bonds. The summed E-state index contributed by atoms with van der Waals surface area (Å²) in [5, 5.41) is 3.05. The van der Waals surface area contributed by atoms with Gasteiger partial charge in [0, 0.05) is 52.5 Å². The molecule has 0 spiro atoms. The predicted molar refractivity (Wildman–Crippen MR) is 207 cm³/mol. The molecule has 1 N–H and O–H groups in total. The fourth-order valence-electron chi connectivity index (χ4n) is 7.65. The van der Waals surface area contributed by atoms with E-state index in [1.165, 1.54) is 7.11 Å². The number of aryl methyl sites for hydroxylation is 1. The molecule has 8 atom stereocenters. The molecule has 0 aliphatic carbocycles. The van der Waals surface area contributed by atoms with Crippen LogP contribution in [0.5, 0.6) is 0 Å². The van der Waals surface area contributed by atoms with Gasteiger partial charge in [-0.05, 0) is 64.5 Å². The van der Waals surface area contributed by atoms with Crippen LogP contribution in [0.2, 0.25) is 0 Å². The van der Waals surface area contributed by atoms with Crippen LogP contribution in [0.25, 0.3) is 0 Å². The first-order chi connectivity index (χ1) is 24.9. The molecule has 1 saturated heterocycles. The number of benzene rings is 1. The Morgan fingerprint density at radius 3 is 2.09 bits per heavy atom. The van der Waals surface area contributed by atoms with Crippen molar-refractivity contribution >= 4 is 29.4 Å². The number of Topliss-reactive ketones (excluding diaryl/α,β-unsaturated/α-hetero) is 2. The first kappa shape index (κ1) is 46.0. The molecule has 1 aromatic carbocycles. The number of ketones is 2. The minimum absolute atomic E-state index is 0.000344. The van der Waals surface area contributed by atoms with E-state index in [4.69, 9.17) is 14.2 Å². The zero-order valence-corrected chi connectivity index (χ0v) is 34.8. The van der Waals surface area contributed by atoms with Crippen LogP contribution in [-0.4, -0.2) is 111 Å². The van der Waals surface area contributed by atoms with Crippen LogP contribution in [0, 0.1) is 36.5 Å². The van der Waals surface area contributed by atoms with Crippen molar-refractivity contribution in [1.82, 2.24) is 15.1 Å². The van der Waals surface area contributed by atoms with E-state index in [2.05, 4.69) is 12.2 Å². The molecule has 0 unspecified atom stereocenters. The molecule has 1 aromatic rings. The second-order valence-electron chi connectivity index (χ2n) is 16.0. The van der Waals surface area contributed by atoms with Crippen molar-refractivity contribution in [3.8, 4) is 0 Å². The standard InChI is InChI=1S/C42H69N3O8/c1-14-28(5)38(44(10)40(49)32(26(2)3)24-36(47)42(7,8)43-9)35(51-11)25-37(48)45-21-15-16-33(45)39(52-12)29(6)34(46)23-31(41(50)53-13)22-30-19-17-27(4)18-20-30/h17-20,26,28-29,31-33,35,38-39,43H,14-16,21-25H2,1-13H3/t28-,29-,31+,32-,33-,35+,38-,39+/m0/s1. The highest BCUT2D eigenvalue weighted by Crippen LogP contribution is 2.32. The molecule has 11 nitrogen and oxygen atoms in total. The Bertz CT molecular complexity index is 1360. The molecule has 11 heteroatoms. The van der Waals surface area contributed by atoms with E-state index in [0.29, 0.717) is 19.4 Å². The molecule has 1 fully saturated rings. The Kier molecular flexibility index (Phi) is 18.3. The van der Waals surface area contributed by atoms with Crippen LogP contribution >= 0.6 is 0 Å². The summed E-state index contributed by atoms with van der Waals surface area (Å²) in [6.45, 7) is 16.0.